The molecule has 0 fully saturated rings. The molecule has 0 aliphatic heterocycles. The first kappa shape index (κ1) is 11.6. The van der Waals surface area contributed by atoms with E-state index in [0.29, 0.717) is 17.9 Å². The maximum Gasteiger partial charge on any atom is 0.270 e. The minimum Gasteiger partial charge on any atom is -0.347 e. The van der Waals surface area contributed by atoms with Gasteiger partial charge in [-0.2, -0.15) is 11.3 Å². The molecule has 0 saturated carbocycles. The largest absolute Gasteiger partial charge is 0.347 e. The van der Waals surface area contributed by atoms with Crippen LogP contribution in [0.2, 0.25) is 0 Å². The molecule has 2 aromatic heterocycles. The molecule has 0 radical (unpaired) electrons. The lowest BCUT2D eigenvalue weighted by Crippen LogP contribution is -2.23. The molecule has 0 bridgehead atoms. The second-order valence-electron chi connectivity index (χ2n) is 3.39. The Morgan fingerprint density at radius 3 is 2.88 bits per heavy atom. The number of amides is 1. The number of carbonyl (C=O) groups is 1. The number of nitrogen functional groups attached to an aromatic ring is 1. The third-order valence-corrected chi connectivity index (χ3v) is 2.93. The summed E-state index contributed by atoms with van der Waals surface area (Å²) in [5, 5.41) is 6.76. The average molecular weight is 248 g/mol. The number of pyridine rings is 1. The van der Waals surface area contributed by atoms with Crippen molar-refractivity contribution in [2.75, 3.05) is 5.43 Å². The lowest BCUT2D eigenvalue weighted by Gasteiger charge is -2.04. The van der Waals surface area contributed by atoms with Gasteiger partial charge in [-0.25, -0.2) is 4.98 Å². The molecule has 17 heavy (non-hydrogen) atoms. The molecule has 2 aromatic rings. The van der Waals surface area contributed by atoms with Crippen molar-refractivity contribution >= 4 is 22.9 Å². The molecule has 88 valence electrons. The molecule has 0 spiro atoms. The Bertz CT molecular complexity index is 481. The molecular weight excluding hydrogens is 236 g/mol. The summed E-state index contributed by atoms with van der Waals surface area (Å²) in [6.07, 6.45) is 1.51. The molecule has 0 atom stereocenters. The van der Waals surface area contributed by atoms with E-state index >= 15 is 0 Å². The zero-order valence-electron chi connectivity index (χ0n) is 9.01. The van der Waals surface area contributed by atoms with E-state index in [1.165, 1.54) is 6.20 Å². The maximum absolute atomic E-state index is 11.7. The highest BCUT2D eigenvalue weighted by Gasteiger charge is 2.06. The zero-order chi connectivity index (χ0) is 12.1. The molecule has 0 aromatic carbocycles. The van der Waals surface area contributed by atoms with Crippen LogP contribution < -0.4 is 16.6 Å². The van der Waals surface area contributed by atoms with Gasteiger partial charge in [-0.05, 0) is 34.5 Å². The van der Waals surface area contributed by atoms with Gasteiger partial charge in [0.15, 0.2) is 0 Å². The number of hydrogen-bond donors (Lipinski definition) is 3. The third kappa shape index (κ3) is 3.02. The van der Waals surface area contributed by atoms with Crippen molar-refractivity contribution in [1.82, 2.24) is 10.3 Å². The third-order valence-electron chi connectivity index (χ3n) is 2.20. The van der Waals surface area contributed by atoms with E-state index in [2.05, 4.69) is 15.7 Å². The van der Waals surface area contributed by atoms with Crippen molar-refractivity contribution in [1.29, 1.82) is 0 Å². The molecule has 2 heterocycles. The zero-order valence-corrected chi connectivity index (χ0v) is 9.83. The Morgan fingerprint density at radius 2 is 2.29 bits per heavy atom. The van der Waals surface area contributed by atoms with Crippen LogP contribution in [-0.4, -0.2) is 10.9 Å². The number of hydrogen-bond acceptors (Lipinski definition) is 5. The number of aromatic nitrogens is 1. The second kappa shape index (κ2) is 5.42. The summed E-state index contributed by atoms with van der Waals surface area (Å²) in [6, 6.07) is 5.30. The summed E-state index contributed by atoms with van der Waals surface area (Å²) >= 11 is 1.60. The summed E-state index contributed by atoms with van der Waals surface area (Å²) in [5.74, 6) is 5.01. The summed E-state index contributed by atoms with van der Waals surface area (Å²) in [6.45, 7) is 0.515. The van der Waals surface area contributed by atoms with Gasteiger partial charge in [-0.15, -0.1) is 0 Å². The van der Waals surface area contributed by atoms with Gasteiger partial charge in [0.2, 0.25) is 0 Å². The quantitative estimate of drug-likeness (QED) is 0.564. The van der Waals surface area contributed by atoms with Gasteiger partial charge in [-0.1, -0.05) is 0 Å². The van der Waals surface area contributed by atoms with E-state index in [1.54, 1.807) is 23.5 Å². The lowest BCUT2D eigenvalue weighted by molar-refractivity contribution is 0.0946. The Hall–Kier alpha value is -1.92. The summed E-state index contributed by atoms with van der Waals surface area (Å²) in [4.78, 5) is 15.7. The standard InChI is InChI=1S/C11H12N4OS/c12-15-9-1-2-10(13-6-9)11(16)14-5-8-3-4-17-7-8/h1-4,6-7,15H,5,12H2,(H,14,16). The monoisotopic (exact) mass is 248 g/mol. The van der Waals surface area contributed by atoms with Crippen LogP contribution in [0.5, 0.6) is 0 Å². The van der Waals surface area contributed by atoms with Crippen molar-refractivity contribution in [2.24, 2.45) is 5.84 Å². The van der Waals surface area contributed by atoms with Gasteiger partial charge in [0, 0.05) is 6.54 Å². The van der Waals surface area contributed by atoms with Crippen LogP contribution in [0.15, 0.2) is 35.2 Å². The van der Waals surface area contributed by atoms with E-state index in [1.807, 2.05) is 16.8 Å². The molecule has 0 aliphatic carbocycles. The highest BCUT2D eigenvalue weighted by Crippen LogP contribution is 2.06. The Kier molecular flexibility index (Phi) is 3.69. The van der Waals surface area contributed by atoms with Crippen LogP contribution in [0.1, 0.15) is 16.1 Å². The molecule has 0 saturated heterocycles. The van der Waals surface area contributed by atoms with Gasteiger partial charge >= 0.3 is 0 Å². The fourth-order valence-corrected chi connectivity index (χ4v) is 1.95. The van der Waals surface area contributed by atoms with Gasteiger partial charge in [-0.3, -0.25) is 10.6 Å². The molecule has 0 aliphatic rings. The molecular formula is C11H12N4OS. The van der Waals surface area contributed by atoms with Gasteiger partial charge < -0.3 is 10.7 Å². The van der Waals surface area contributed by atoms with Gasteiger partial charge in [0.25, 0.3) is 5.91 Å². The predicted molar refractivity (Wildman–Crippen MR) is 67.5 cm³/mol. The van der Waals surface area contributed by atoms with Gasteiger partial charge in [0.05, 0.1) is 11.9 Å². The van der Waals surface area contributed by atoms with Crippen LogP contribution in [0, 0.1) is 0 Å². The van der Waals surface area contributed by atoms with Crippen molar-refractivity contribution in [3.8, 4) is 0 Å². The minimum atomic E-state index is -0.195. The van der Waals surface area contributed by atoms with E-state index < -0.39 is 0 Å². The maximum atomic E-state index is 11.7. The van der Waals surface area contributed by atoms with Crippen molar-refractivity contribution < 1.29 is 4.79 Å². The number of nitrogens with zero attached hydrogens (tertiary/aromatic N) is 1. The lowest BCUT2D eigenvalue weighted by atomic mass is 10.3. The molecule has 2 rings (SSSR count). The van der Waals surface area contributed by atoms with Crippen LogP contribution in [0.3, 0.4) is 0 Å². The van der Waals surface area contributed by atoms with E-state index in [4.69, 9.17) is 5.84 Å². The molecule has 6 heteroatoms. The van der Waals surface area contributed by atoms with Crippen molar-refractivity contribution in [3.63, 3.8) is 0 Å². The summed E-state index contributed by atoms with van der Waals surface area (Å²) in [5.41, 5.74) is 4.58. The van der Waals surface area contributed by atoms with Crippen LogP contribution in [-0.2, 0) is 6.54 Å². The number of thiophene rings is 1. The Labute approximate surface area is 103 Å². The highest BCUT2D eigenvalue weighted by atomic mass is 32.1. The normalized spacial score (nSPS) is 9.94. The molecule has 4 N–H and O–H groups in total. The van der Waals surface area contributed by atoms with Crippen LogP contribution >= 0.6 is 11.3 Å². The second-order valence-corrected chi connectivity index (χ2v) is 4.17. The van der Waals surface area contributed by atoms with Crippen molar-refractivity contribution in [2.45, 2.75) is 6.54 Å². The number of carbonyl (C=O) groups excluding carboxylic acids is 1. The van der Waals surface area contributed by atoms with E-state index in [9.17, 15) is 4.79 Å². The predicted octanol–water partition coefficient (Wildman–Crippen LogP) is 1.36. The number of nitrogens with two attached hydrogens (primary N) is 1. The highest BCUT2D eigenvalue weighted by molar-refractivity contribution is 7.07. The number of nitrogens with one attached hydrogen (secondary N) is 2. The Balaban J connectivity index is 1.95. The fraction of sp³-hybridized carbons (Fsp3) is 0.0909. The average Bonchev–Trinajstić information content (AvgIpc) is 2.89. The number of rotatable bonds is 4. The summed E-state index contributed by atoms with van der Waals surface area (Å²) in [7, 11) is 0. The van der Waals surface area contributed by atoms with Crippen LogP contribution in [0.4, 0.5) is 5.69 Å². The molecule has 1 amide bonds. The topological polar surface area (TPSA) is 80.0 Å². The first-order chi connectivity index (χ1) is 8.29. The summed E-state index contributed by atoms with van der Waals surface area (Å²) < 4.78 is 0. The van der Waals surface area contributed by atoms with Crippen LogP contribution in [0.25, 0.3) is 0 Å². The first-order valence-electron chi connectivity index (χ1n) is 5.01. The van der Waals surface area contributed by atoms with Gasteiger partial charge in [0.1, 0.15) is 5.69 Å². The molecule has 5 nitrogen and oxygen atoms in total. The number of anilines is 1. The van der Waals surface area contributed by atoms with E-state index in [0.717, 1.165) is 5.56 Å². The fourth-order valence-electron chi connectivity index (χ4n) is 1.28. The van der Waals surface area contributed by atoms with Crippen molar-refractivity contribution in [3.05, 3.63) is 46.4 Å². The smallest absolute Gasteiger partial charge is 0.270 e. The SMILES string of the molecule is NNc1ccc(C(=O)NCc2ccsc2)nc1. The molecule has 0 unspecified atom stereocenters. The minimum absolute atomic E-state index is 0.195. The Morgan fingerprint density at radius 1 is 1.41 bits per heavy atom. The first-order valence-corrected chi connectivity index (χ1v) is 5.96. The van der Waals surface area contributed by atoms with E-state index in [-0.39, 0.29) is 5.91 Å². The number of hydrazine groups is 1.